The highest BCUT2D eigenvalue weighted by Gasteiger charge is 2.38. The van der Waals surface area contributed by atoms with Gasteiger partial charge in [-0.2, -0.15) is 13.2 Å². The topological polar surface area (TPSA) is 108 Å². The number of hydrogen-bond donors (Lipinski definition) is 4. The molecule has 1 aliphatic rings. The monoisotopic (exact) mass is 529 g/mol. The number of carbonyl (C=O) groups is 3. The Hall–Kier alpha value is -3.92. The first-order valence-corrected chi connectivity index (χ1v) is 12.1. The highest BCUT2D eigenvalue weighted by molar-refractivity contribution is 6.01. The number of rotatable bonds is 5. The lowest BCUT2D eigenvalue weighted by Crippen LogP contribution is -2.48. The van der Waals surface area contributed by atoms with Crippen molar-refractivity contribution in [3.05, 3.63) is 77.4 Å². The molecule has 2 atom stereocenters. The number of benzene rings is 3. The van der Waals surface area contributed by atoms with Crippen molar-refractivity contribution in [2.75, 3.05) is 11.9 Å². The first kappa shape index (κ1) is 28.6. The number of carboxylic acid groups (broad SMARTS) is 1. The molecule has 0 unspecified atom stereocenters. The summed E-state index contributed by atoms with van der Waals surface area (Å²) in [5, 5.41) is 18.8. The predicted molar refractivity (Wildman–Crippen MR) is 139 cm³/mol. The van der Waals surface area contributed by atoms with Crippen molar-refractivity contribution in [1.82, 2.24) is 10.6 Å². The molecular weight excluding hydrogens is 499 g/mol. The summed E-state index contributed by atoms with van der Waals surface area (Å²) in [5.41, 5.74) is 2.58. The molecule has 4 rings (SSSR count). The van der Waals surface area contributed by atoms with Crippen molar-refractivity contribution in [3.8, 4) is 0 Å². The molecule has 1 heterocycles. The Kier molecular flexibility index (Phi) is 8.78. The van der Waals surface area contributed by atoms with Gasteiger partial charge in [-0.1, -0.05) is 48.5 Å². The van der Waals surface area contributed by atoms with E-state index in [4.69, 9.17) is 9.90 Å². The van der Waals surface area contributed by atoms with E-state index in [1.807, 2.05) is 57.2 Å². The highest BCUT2D eigenvalue weighted by Crippen LogP contribution is 2.26. The fourth-order valence-corrected chi connectivity index (χ4v) is 4.28. The van der Waals surface area contributed by atoms with Crippen LogP contribution in [-0.4, -0.2) is 41.2 Å². The molecule has 3 aromatic carbocycles. The smallest absolute Gasteiger partial charge is 0.475 e. The molecule has 7 nitrogen and oxygen atoms in total. The van der Waals surface area contributed by atoms with Gasteiger partial charge in [-0.15, -0.1) is 0 Å². The Balaban J connectivity index is 0.000000505. The molecule has 10 heteroatoms. The van der Waals surface area contributed by atoms with Gasteiger partial charge in [0.1, 0.15) is 0 Å². The van der Waals surface area contributed by atoms with Crippen LogP contribution in [-0.2, 0) is 9.59 Å². The van der Waals surface area contributed by atoms with Crippen LogP contribution in [0.2, 0.25) is 0 Å². The summed E-state index contributed by atoms with van der Waals surface area (Å²) in [7, 11) is 0. The molecule has 1 aliphatic heterocycles. The zero-order chi connectivity index (χ0) is 28.1. The number of hydrogen-bond acceptors (Lipinski definition) is 4. The molecule has 1 fully saturated rings. The third-order valence-electron chi connectivity index (χ3n) is 6.49. The van der Waals surface area contributed by atoms with E-state index >= 15 is 0 Å². The van der Waals surface area contributed by atoms with Crippen LogP contribution in [0.4, 0.5) is 18.9 Å². The zero-order valence-electron chi connectivity index (χ0n) is 21.3. The van der Waals surface area contributed by atoms with Crippen LogP contribution >= 0.6 is 0 Å². The summed E-state index contributed by atoms with van der Waals surface area (Å²) in [4.78, 5) is 34.7. The van der Waals surface area contributed by atoms with Crippen molar-refractivity contribution in [2.45, 2.75) is 51.4 Å². The lowest BCUT2D eigenvalue weighted by Gasteiger charge is -2.23. The van der Waals surface area contributed by atoms with E-state index < -0.39 is 17.7 Å². The zero-order valence-corrected chi connectivity index (χ0v) is 21.3. The molecule has 0 saturated carbocycles. The van der Waals surface area contributed by atoms with Gasteiger partial charge >= 0.3 is 12.1 Å². The van der Waals surface area contributed by atoms with E-state index in [2.05, 4.69) is 34.1 Å². The number of fused-ring (bicyclic) bond motifs is 1. The molecule has 0 bridgehead atoms. The number of nitrogens with one attached hydrogen (secondary N) is 3. The van der Waals surface area contributed by atoms with Gasteiger partial charge in [-0.25, -0.2) is 4.79 Å². The Morgan fingerprint density at radius 2 is 1.71 bits per heavy atom. The number of aliphatic carboxylic acids is 1. The van der Waals surface area contributed by atoms with E-state index in [1.165, 1.54) is 0 Å². The number of carboxylic acids is 1. The van der Waals surface area contributed by atoms with Crippen LogP contribution in [0, 0.1) is 6.92 Å². The Bertz CT molecular complexity index is 1330. The van der Waals surface area contributed by atoms with E-state index in [-0.39, 0.29) is 17.9 Å². The first-order chi connectivity index (χ1) is 17.8. The second kappa shape index (κ2) is 11.6. The lowest BCUT2D eigenvalue weighted by atomic mass is 9.98. The number of carbonyl (C=O) groups excluding carboxylic acids is 2. The van der Waals surface area contributed by atoms with E-state index in [0.717, 1.165) is 41.3 Å². The summed E-state index contributed by atoms with van der Waals surface area (Å²) in [6, 6.07) is 19.6. The Morgan fingerprint density at radius 1 is 1.05 bits per heavy atom. The number of alkyl halides is 3. The molecule has 0 aromatic heterocycles. The molecule has 0 aliphatic carbocycles. The maximum absolute atomic E-state index is 13.1. The van der Waals surface area contributed by atoms with Gasteiger partial charge in [0.05, 0.1) is 11.6 Å². The van der Waals surface area contributed by atoms with E-state index in [0.29, 0.717) is 11.3 Å². The van der Waals surface area contributed by atoms with Crippen LogP contribution in [0.25, 0.3) is 10.8 Å². The summed E-state index contributed by atoms with van der Waals surface area (Å²) < 4.78 is 31.7. The molecule has 38 heavy (non-hydrogen) atoms. The summed E-state index contributed by atoms with van der Waals surface area (Å²) in [6.45, 7) is 6.66. The van der Waals surface area contributed by atoms with Gasteiger partial charge in [0.2, 0.25) is 5.91 Å². The standard InChI is InChI=1S/C26H29N3O2.C2HF3O2/c1-17-12-13-20(29-25(31)26(3)14-7-15-27-26)16-23(17)24(30)28-18(2)21-11-6-9-19-8-4-5-10-22(19)21;3-2(4,5)1(6)7/h4-6,8-13,16,18,27H,7,14-15H2,1-3H3,(H,28,30)(H,29,31);(H,6,7)/t18-,26-;/m1./s1. The van der Waals surface area contributed by atoms with Gasteiger partial charge in [0.25, 0.3) is 5.91 Å². The van der Waals surface area contributed by atoms with Crippen molar-refractivity contribution in [3.63, 3.8) is 0 Å². The van der Waals surface area contributed by atoms with Gasteiger partial charge in [-0.3, -0.25) is 9.59 Å². The maximum atomic E-state index is 13.1. The maximum Gasteiger partial charge on any atom is 0.490 e. The van der Waals surface area contributed by atoms with Crippen molar-refractivity contribution in [2.24, 2.45) is 0 Å². The number of anilines is 1. The highest BCUT2D eigenvalue weighted by atomic mass is 19.4. The Labute approximate surface area is 218 Å². The van der Waals surface area contributed by atoms with E-state index in [9.17, 15) is 22.8 Å². The molecule has 4 N–H and O–H groups in total. The summed E-state index contributed by atoms with van der Waals surface area (Å²) in [6.07, 6.45) is -3.29. The molecule has 3 aromatic rings. The minimum atomic E-state index is -5.08. The van der Waals surface area contributed by atoms with Crippen LogP contribution in [0.1, 0.15) is 54.2 Å². The average molecular weight is 530 g/mol. The van der Waals surface area contributed by atoms with Crippen LogP contribution in [0.15, 0.2) is 60.7 Å². The second-order valence-corrected chi connectivity index (χ2v) is 9.41. The van der Waals surface area contributed by atoms with Gasteiger partial charge in [0.15, 0.2) is 0 Å². The largest absolute Gasteiger partial charge is 0.490 e. The second-order valence-electron chi connectivity index (χ2n) is 9.41. The van der Waals surface area contributed by atoms with Gasteiger partial charge < -0.3 is 21.1 Å². The average Bonchev–Trinajstić information content (AvgIpc) is 3.32. The van der Waals surface area contributed by atoms with Crippen LogP contribution < -0.4 is 16.0 Å². The molecule has 0 spiro atoms. The molecular formula is C28H30F3N3O4. The number of halogens is 3. The van der Waals surface area contributed by atoms with Gasteiger partial charge in [-0.05, 0) is 74.2 Å². The molecule has 0 radical (unpaired) electrons. The minimum Gasteiger partial charge on any atom is -0.475 e. The quantitative estimate of drug-likeness (QED) is 0.356. The van der Waals surface area contributed by atoms with Gasteiger partial charge in [0, 0.05) is 11.3 Å². The Morgan fingerprint density at radius 3 is 2.34 bits per heavy atom. The summed E-state index contributed by atoms with van der Waals surface area (Å²) in [5.74, 6) is -2.98. The summed E-state index contributed by atoms with van der Waals surface area (Å²) >= 11 is 0. The van der Waals surface area contributed by atoms with Crippen molar-refractivity contribution in [1.29, 1.82) is 0 Å². The van der Waals surface area contributed by atoms with Crippen LogP contribution in [0.3, 0.4) is 0 Å². The normalized spacial score (nSPS) is 17.7. The number of amides is 2. The molecule has 2 amide bonds. The fraction of sp³-hybridized carbons (Fsp3) is 0.321. The minimum absolute atomic E-state index is 0.0654. The van der Waals surface area contributed by atoms with Crippen molar-refractivity contribution < 1.29 is 32.7 Å². The van der Waals surface area contributed by atoms with Crippen molar-refractivity contribution >= 4 is 34.2 Å². The van der Waals surface area contributed by atoms with Crippen LogP contribution in [0.5, 0.6) is 0 Å². The molecule has 202 valence electrons. The van der Waals surface area contributed by atoms with E-state index in [1.54, 1.807) is 6.07 Å². The first-order valence-electron chi connectivity index (χ1n) is 12.1. The SMILES string of the molecule is Cc1ccc(NC(=O)[C@@]2(C)CCCN2)cc1C(=O)N[C@H](C)c1cccc2ccccc12.O=C(O)C(F)(F)F. The third kappa shape index (κ3) is 6.89. The number of aryl methyl sites for hydroxylation is 1. The third-order valence-corrected chi connectivity index (χ3v) is 6.49. The fourth-order valence-electron chi connectivity index (χ4n) is 4.28. The molecule has 1 saturated heterocycles. The lowest BCUT2D eigenvalue weighted by molar-refractivity contribution is -0.192. The predicted octanol–water partition coefficient (Wildman–Crippen LogP) is 5.35.